The molecule has 8 heteroatoms. The van der Waals surface area contributed by atoms with E-state index in [1.807, 2.05) is 0 Å². The lowest BCUT2D eigenvalue weighted by molar-refractivity contribution is -0.137. The molecule has 0 aromatic heterocycles. The zero-order chi connectivity index (χ0) is 15.6. The van der Waals surface area contributed by atoms with Crippen LogP contribution >= 0.6 is 0 Å². The molecule has 3 amide bonds. The minimum absolute atomic E-state index is 0.298. The van der Waals surface area contributed by atoms with E-state index >= 15 is 0 Å². The van der Waals surface area contributed by atoms with Gasteiger partial charge < -0.3 is 15.7 Å². The zero-order valence-electron chi connectivity index (χ0n) is 11.1. The highest BCUT2D eigenvalue weighted by molar-refractivity contribution is 5.97. The van der Waals surface area contributed by atoms with Crippen LogP contribution in [0.4, 0.5) is 14.9 Å². The number of carboxylic acids is 1. The fourth-order valence-electron chi connectivity index (χ4n) is 2.26. The van der Waals surface area contributed by atoms with Gasteiger partial charge >= 0.3 is 12.0 Å². The summed E-state index contributed by atoms with van der Waals surface area (Å²) in [4.78, 5) is 36.2. The van der Waals surface area contributed by atoms with Crippen LogP contribution in [-0.2, 0) is 16.0 Å². The van der Waals surface area contributed by atoms with Crippen molar-refractivity contribution in [3.8, 4) is 0 Å². The number of hydrogen-bond donors (Lipinski definition) is 2. The lowest BCUT2D eigenvalue weighted by atomic mass is 10.2. The minimum Gasteiger partial charge on any atom is -0.480 e. The summed E-state index contributed by atoms with van der Waals surface area (Å²) in [6.45, 7) is -0.859. The number of halogens is 1. The van der Waals surface area contributed by atoms with Crippen molar-refractivity contribution in [2.75, 3.05) is 24.5 Å². The van der Waals surface area contributed by atoms with Gasteiger partial charge in [0, 0.05) is 6.54 Å². The number of rotatable bonds is 4. The Kier molecular flexibility index (Phi) is 4.06. The van der Waals surface area contributed by atoms with E-state index < -0.39 is 36.8 Å². The molecular weight excluding hydrogens is 281 g/mol. The third-order valence-electron chi connectivity index (χ3n) is 3.12. The molecule has 0 fully saturated rings. The number of carboxylic acid groups (broad SMARTS) is 1. The van der Waals surface area contributed by atoms with Crippen molar-refractivity contribution >= 4 is 23.6 Å². The number of carbonyl (C=O) groups excluding carboxylic acids is 2. The molecular formula is C13H14FN3O4. The van der Waals surface area contributed by atoms with Crippen LogP contribution in [0.5, 0.6) is 0 Å². The smallest absolute Gasteiger partial charge is 0.325 e. The van der Waals surface area contributed by atoms with Gasteiger partial charge in [-0.1, -0.05) is 6.07 Å². The Morgan fingerprint density at radius 3 is 2.67 bits per heavy atom. The van der Waals surface area contributed by atoms with E-state index in [1.54, 1.807) is 6.07 Å². The molecule has 0 radical (unpaired) electrons. The monoisotopic (exact) mass is 295 g/mol. The van der Waals surface area contributed by atoms with Gasteiger partial charge in [0.25, 0.3) is 0 Å². The molecule has 0 spiro atoms. The van der Waals surface area contributed by atoms with Crippen LogP contribution in [0.3, 0.4) is 0 Å². The van der Waals surface area contributed by atoms with E-state index in [4.69, 9.17) is 10.8 Å². The van der Waals surface area contributed by atoms with Gasteiger partial charge in [-0.15, -0.1) is 0 Å². The van der Waals surface area contributed by atoms with Crippen molar-refractivity contribution in [3.05, 3.63) is 29.6 Å². The summed E-state index contributed by atoms with van der Waals surface area (Å²) < 4.78 is 13.3. The Morgan fingerprint density at radius 1 is 1.33 bits per heavy atom. The van der Waals surface area contributed by atoms with E-state index in [1.165, 1.54) is 17.0 Å². The first-order chi connectivity index (χ1) is 9.88. The quantitative estimate of drug-likeness (QED) is 0.826. The number of carbonyl (C=O) groups is 3. The third-order valence-corrected chi connectivity index (χ3v) is 3.12. The lowest BCUT2D eigenvalue weighted by Gasteiger charge is -2.26. The molecule has 7 nitrogen and oxygen atoms in total. The Balaban J connectivity index is 2.24. The number of fused-ring (bicyclic) bond motifs is 1. The van der Waals surface area contributed by atoms with Gasteiger partial charge in [-0.3, -0.25) is 14.5 Å². The maximum atomic E-state index is 13.3. The van der Waals surface area contributed by atoms with Crippen molar-refractivity contribution < 1.29 is 23.9 Å². The standard InChI is InChI=1S/C13H14FN3O4/c14-9-2-1-8-3-4-17(10(8)5-9)13(21)16(6-11(15)18)7-12(19)20/h1-2,5H,3-4,6-7H2,(H2,15,18)(H,19,20). The molecule has 0 atom stereocenters. The number of primary amides is 1. The molecule has 0 unspecified atom stereocenters. The molecule has 1 aliphatic rings. The summed E-state index contributed by atoms with van der Waals surface area (Å²) in [7, 11) is 0. The number of anilines is 1. The van der Waals surface area contributed by atoms with Gasteiger partial charge in [-0.05, 0) is 24.1 Å². The van der Waals surface area contributed by atoms with Crippen molar-refractivity contribution in [3.63, 3.8) is 0 Å². The van der Waals surface area contributed by atoms with Gasteiger partial charge in [0.05, 0.1) is 5.69 Å². The molecule has 112 valence electrons. The van der Waals surface area contributed by atoms with Crippen LogP contribution in [0.15, 0.2) is 18.2 Å². The summed E-state index contributed by atoms with van der Waals surface area (Å²) in [6.07, 6.45) is 0.541. The largest absolute Gasteiger partial charge is 0.480 e. The van der Waals surface area contributed by atoms with Crippen LogP contribution in [0.1, 0.15) is 5.56 Å². The number of amides is 3. The molecule has 0 aliphatic carbocycles. The van der Waals surface area contributed by atoms with Gasteiger partial charge in [0.2, 0.25) is 5.91 Å². The second-order valence-corrected chi connectivity index (χ2v) is 4.67. The van der Waals surface area contributed by atoms with E-state index in [9.17, 15) is 18.8 Å². The summed E-state index contributed by atoms with van der Waals surface area (Å²) in [6, 6.07) is 3.41. The first-order valence-electron chi connectivity index (χ1n) is 6.23. The Labute approximate surface area is 119 Å². The van der Waals surface area contributed by atoms with E-state index in [0.717, 1.165) is 10.5 Å². The topological polar surface area (TPSA) is 104 Å². The molecule has 0 saturated heterocycles. The van der Waals surface area contributed by atoms with Gasteiger partial charge in [0.15, 0.2) is 0 Å². The van der Waals surface area contributed by atoms with Crippen molar-refractivity contribution in [1.29, 1.82) is 0 Å². The van der Waals surface area contributed by atoms with Crippen molar-refractivity contribution in [2.24, 2.45) is 5.73 Å². The highest BCUT2D eigenvalue weighted by atomic mass is 19.1. The van der Waals surface area contributed by atoms with Gasteiger partial charge in [0.1, 0.15) is 18.9 Å². The number of nitrogens with zero attached hydrogens (tertiary/aromatic N) is 2. The molecule has 1 aromatic carbocycles. The van der Waals surface area contributed by atoms with Crippen LogP contribution in [-0.4, -0.2) is 47.5 Å². The molecule has 1 heterocycles. The number of urea groups is 1. The van der Waals surface area contributed by atoms with E-state index in [0.29, 0.717) is 18.7 Å². The number of hydrogen-bond acceptors (Lipinski definition) is 3. The minimum atomic E-state index is -1.26. The SMILES string of the molecule is NC(=O)CN(CC(=O)O)C(=O)N1CCc2ccc(F)cc21. The summed E-state index contributed by atoms with van der Waals surface area (Å²) in [5.74, 6) is -2.57. The molecule has 1 aliphatic heterocycles. The summed E-state index contributed by atoms with van der Waals surface area (Å²) in [5.41, 5.74) is 6.20. The lowest BCUT2D eigenvalue weighted by Crippen LogP contribution is -2.48. The van der Waals surface area contributed by atoms with Crippen LogP contribution in [0, 0.1) is 5.82 Å². The normalized spacial score (nSPS) is 12.9. The molecule has 0 saturated carbocycles. The van der Waals surface area contributed by atoms with Crippen molar-refractivity contribution in [2.45, 2.75) is 6.42 Å². The predicted molar refractivity (Wildman–Crippen MR) is 71.2 cm³/mol. The molecule has 21 heavy (non-hydrogen) atoms. The fourth-order valence-corrected chi connectivity index (χ4v) is 2.26. The Bertz CT molecular complexity index is 589. The predicted octanol–water partition coefficient (Wildman–Crippen LogP) is 0.180. The number of nitrogens with two attached hydrogens (primary N) is 1. The number of benzene rings is 1. The maximum absolute atomic E-state index is 13.3. The zero-order valence-corrected chi connectivity index (χ0v) is 11.1. The highest BCUT2D eigenvalue weighted by Gasteiger charge is 2.30. The Hall–Kier alpha value is -2.64. The van der Waals surface area contributed by atoms with E-state index in [-0.39, 0.29) is 0 Å². The highest BCUT2D eigenvalue weighted by Crippen LogP contribution is 2.29. The average Bonchev–Trinajstić information content (AvgIpc) is 2.78. The van der Waals surface area contributed by atoms with Gasteiger partial charge in [-0.2, -0.15) is 0 Å². The van der Waals surface area contributed by atoms with Crippen LogP contribution < -0.4 is 10.6 Å². The number of aliphatic carboxylic acids is 1. The van der Waals surface area contributed by atoms with E-state index in [2.05, 4.69) is 0 Å². The average molecular weight is 295 g/mol. The first kappa shape index (κ1) is 14.8. The fraction of sp³-hybridized carbons (Fsp3) is 0.308. The summed E-state index contributed by atoms with van der Waals surface area (Å²) >= 11 is 0. The summed E-state index contributed by atoms with van der Waals surface area (Å²) in [5, 5.41) is 8.80. The molecule has 3 N–H and O–H groups in total. The van der Waals surface area contributed by atoms with Gasteiger partial charge in [-0.25, -0.2) is 9.18 Å². The molecule has 1 aromatic rings. The van der Waals surface area contributed by atoms with Crippen LogP contribution in [0.25, 0.3) is 0 Å². The molecule has 2 rings (SSSR count). The Morgan fingerprint density at radius 2 is 2.05 bits per heavy atom. The molecule has 0 bridgehead atoms. The maximum Gasteiger partial charge on any atom is 0.325 e. The third kappa shape index (κ3) is 3.28. The first-order valence-corrected chi connectivity index (χ1v) is 6.23. The second kappa shape index (κ2) is 5.78. The second-order valence-electron chi connectivity index (χ2n) is 4.67. The van der Waals surface area contributed by atoms with Crippen molar-refractivity contribution in [1.82, 2.24) is 4.90 Å². The van der Waals surface area contributed by atoms with Crippen LogP contribution in [0.2, 0.25) is 0 Å².